The van der Waals surface area contributed by atoms with Crippen molar-refractivity contribution < 1.29 is 42.1 Å². The van der Waals surface area contributed by atoms with Crippen LogP contribution in [-0.2, 0) is 46.9 Å². The van der Waals surface area contributed by atoms with Crippen molar-refractivity contribution in [1.29, 1.82) is 0 Å². The Morgan fingerprint density at radius 1 is 0.906 bits per heavy atom. The van der Waals surface area contributed by atoms with Gasteiger partial charge in [0.2, 0.25) is 0 Å². The number of aryl methyl sites for hydroxylation is 2. The number of ether oxygens (including phenoxy) is 4. The van der Waals surface area contributed by atoms with Gasteiger partial charge in [-0.1, -0.05) is 37.6 Å². The predicted molar refractivity (Wildman–Crippen MR) is 196 cm³/mol. The van der Waals surface area contributed by atoms with Gasteiger partial charge in [0.05, 0.1) is 42.9 Å². The first-order valence-corrected chi connectivity index (χ1v) is 17.9. The number of carbonyl (C=O) groups is 3. The number of H-pyrrole nitrogens is 2. The third kappa shape index (κ3) is 9.75. The number of hydrogen-bond acceptors (Lipinski definition) is 8. The Kier molecular flexibility index (Phi) is 13.5. The highest BCUT2D eigenvalue weighted by Gasteiger charge is 2.31. The molecule has 12 heteroatoms. The van der Waals surface area contributed by atoms with Gasteiger partial charge in [-0.2, -0.15) is 0 Å². The molecule has 0 aliphatic heterocycles. The quantitative estimate of drug-likeness (QED) is 0.0465. The predicted octanol–water partition coefficient (Wildman–Crippen LogP) is 8.31. The zero-order valence-corrected chi connectivity index (χ0v) is 30.3. The number of nitrogens with zero attached hydrogens (tertiary/aromatic N) is 1. The van der Waals surface area contributed by atoms with Gasteiger partial charge in [0.1, 0.15) is 23.7 Å². The highest BCUT2D eigenvalue weighted by molar-refractivity contribution is 5.85. The van der Waals surface area contributed by atoms with Crippen LogP contribution in [-0.4, -0.2) is 59.6 Å². The van der Waals surface area contributed by atoms with E-state index >= 15 is 8.78 Å². The summed E-state index contributed by atoms with van der Waals surface area (Å²) in [7, 11) is 0. The number of fused-ring (bicyclic) bond motifs is 1. The Morgan fingerprint density at radius 3 is 2.53 bits per heavy atom. The van der Waals surface area contributed by atoms with Crippen LogP contribution in [0.1, 0.15) is 75.3 Å². The van der Waals surface area contributed by atoms with Crippen molar-refractivity contribution in [3.8, 4) is 22.9 Å². The SMILES string of the molecule is CCCCOC(=O)CCOCCCc1c(Oc2ccc(F)c(-c3ncc(C(C)(C=O)c4cccc(CCC(=O)OCC)c4)[nH]3)c2)c(F)cc2[nH]ccc12. The van der Waals surface area contributed by atoms with E-state index in [1.54, 1.807) is 20.0 Å². The van der Waals surface area contributed by atoms with Crippen LogP contribution in [0.25, 0.3) is 22.3 Å². The Morgan fingerprint density at radius 2 is 1.74 bits per heavy atom. The molecule has 3 aromatic carbocycles. The van der Waals surface area contributed by atoms with E-state index in [1.165, 1.54) is 30.5 Å². The topological polar surface area (TPSA) is 133 Å². The molecule has 0 aliphatic rings. The zero-order chi connectivity index (χ0) is 37.8. The van der Waals surface area contributed by atoms with Gasteiger partial charge < -0.3 is 33.7 Å². The lowest BCUT2D eigenvalue weighted by atomic mass is 9.80. The maximum atomic E-state index is 15.6. The van der Waals surface area contributed by atoms with Crippen molar-refractivity contribution in [2.24, 2.45) is 0 Å². The van der Waals surface area contributed by atoms with Crippen molar-refractivity contribution in [3.05, 3.63) is 101 Å². The molecule has 0 aliphatic carbocycles. The second-order valence-electron chi connectivity index (χ2n) is 12.9. The van der Waals surface area contributed by atoms with Crippen molar-refractivity contribution in [1.82, 2.24) is 15.0 Å². The number of imidazole rings is 1. The van der Waals surface area contributed by atoms with Crippen molar-refractivity contribution in [2.45, 2.75) is 71.1 Å². The second kappa shape index (κ2) is 18.4. The maximum absolute atomic E-state index is 15.6. The Labute approximate surface area is 307 Å². The minimum Gasteiger partial charge on any atom is -0.466 e. The molecule has 5 aromatic rings. The normalized spacial score (nSPS) is 12.4. The van der Waals surface area contributed by atoms with E-state index in [4.69, 9.17) is 18.9 Å². The first-order chi connectivity index (χ1) is 25.7. The number of carbonyl (C=O) groups excluding carboxylic acids is 3. The molecule has 0 radical (unpaired) electrons. The molecule has 1 atom stereocenters. The monoisotopic (exact) mass is 729 g/mol. The molecule has 0 fully saturated rings. The molecule has 53 heavy (non-hydrogen) atoms. The van der Waals surface area contributed by atoms with E-state index in [0.29, 0.717) is 61.4 Å². The smallest absolute Gasteiger partial charge is 0.308 e. The molecule has 5 rings (SSSR count). The molecule has 0 saturated carbocycles. The number of aromatic amines is 2. The minimum atomic E-state index is -1.17. The van der Waals surface area contributed by atoms with Crippen LogP contribution in [0, 0.1) is 11.6 Å². The Bertz CT molecular complexity index is 2020. The lowest BCUT2D eigenvalue weighted by Crippen LogP contribution is -2.26. The number of aldehydes is 1. The van der Waals surface area contributed by atoms with Crippen LogP contribution in [0.3, 0.4) is 0 Å². The average Bonchev–Trinajstić information content (AvgIpc) is 3.85. The summed E-state index contributed by atoms with van der Waals surface area (Å²) in [6.07, 6.45) is 7.50. The molecule has 2 aromatic heterocycles. The summed E-state index contributed by atoms with van der Waals surface area (Å²) in [6.45, 7) is 6.77. The molecule has 1 unspecified atom stereocenters. The summed E-state index contributed by atoms with van der Waals surface area (Å²) in [5.74, 6) is -1.45. The van der Waals surface area contributed by atoms with E-state index < -0.39 is 17.0 Å². The highest BCUT2D eigenvalue weighted by atomic mass is 19.1. The molecule has 2 heterocycles. The summed E-state index contributed by atoms with van der Waals surface area (Å²) in [4.78, 5) is 46.9. The van der Waals surface area contributed by atoms with Gasteiger partial charge in [-0.15, -0.1) is 0 Å². The zero-order valence-electron chi connectivity index (χ0n) is 30.3. The number of nitrogens with one attached hydrogen (secondary N) is 2. The highest BCUT2D eigenvalue weighted by Crippen LogP contribution is 2.37. The summed E-state index contributed by atoms with van der Waals surface area (Å²) in [5.41, 5.74) is 2.07. The fourth-order valence-corrected chi connectivity index (χ4v) is 6.00. The fraction of sp³-hybridized carbons (Fsp3) is 0.366. The molecule has 10 nitrogen and oxygen atoms in total. The molecular weight excluding hydrogens is 684 g/mol. The number of benzene rings is 3. The second-order valence-corrected chi connectivity index (χ2v) is 12.9. The molecule has 0 amide bonds. The van der Waals surface area contributed by atoms with E-state index in [-0.39, 0.29) is 54.3 Å². The van der Waals surface area contributed by atoms with Crippen molar-refractivity contribution in [3.63, 3.8) is 0 Å². The summed E-state index contributed by atoms with van der Waals surface area (Å²) in [6, 6.07) is 14.6. The van der Waals surface area contributed by atoms with Crippen LogP contribution >= 0.6 is 0 Å². The number of esters is 2. The fourth-order valence-electron chi connectivity index (χ4n) is 6.00. The third-order valence-electron chi connectivity index (χ3n) is 9.03. The van der Waals surface area contributed by atoms with Gasteiger partial charge in [0, 0.05) is 48.0 Å². The van der Waals surface area contributed by atoms with E-state index in [0.717, 1.165) is 30.1 Å². The molecule has 0 spiro atoms. The van der Waals surface area contributed by atoms with Crippen LogP contribution < -0.4 is 4.74 Å². The van der Waals surface area contributed by atoms with Gasteiger partial charge in [-0.25, -0.2) is 13.8 Å². The van der Waals surface area contributed by atoms with Crippen LogP contribution in [0.5, 0.6) is 11.5 Å². The van der Waals surface area contributed by atoms with Gasteiger partial charge in [0.25, 0.3) is 0 Å². The molecule has 0 bridgehead atoms. The van der Waals surface area contributed by atoms with Crippen molar-refractivity contribution in [2.75, 3.05) is 26.4 Å². The average molecular weight is 730 g/mol. The molecule has 2 N–H and O–H groups in total. The largest absolute Gasteiger partial charge is 0.466 e. The number of rotatable bonds is 20. The first-order valence-electron chi connectivity index (χ1n) is 17.9. The van der Waals surface area contributed by atoms with Gasteiger partial charge in [-0.05, 0) is 74.9 Å². The standard InChI is InChI=1S/C41H45F2N3O7/c1-4-6-20-52-38(49)17-21-50-19-8-11-31-30-16-18-44-35(30)24-34(43)39(31)53-29-13-14-33(42)32(23-29)40-45-25-36(46-40)41(3,26-47)28-10-7-9-27(22-28)12-15-37(48)51-5-2/h7,9-10,13-14,16,18,22-26,44H,4-6,8,11-12,15,17,19-21H2,1-3H3,(H,45,46). The summed E-state index contributed by atoms with van der Waals surface area (Å²) >= 11 is 0. The minimum absolute atomic E-state index is 0.00524. The van der Waals surface area contributed by atoms with Gasteiger partial charge in [0.15, 0.2) is 11.6 Å². The number of aromatic nitrogens is 3. The molecule has 0 saturated heterocycles. The maximum Gasteiger partial charge on any atom is 0.308 e. The summed E-state index contributed by atoms with van der Waals surface area (Å²) in [5, 5.41) is 0.775. The lowest BCUT2D eigenvalue weighted by Gasteiger charge is -2.23. The van der Waals surface area contributed by atoms with Gasteiger partial charge >= 0.3 is 11.9 Å². The number of unbranched alkanes of at least 4 members (excludes halogenated alkanes) is 1. The van der Waals surface area contributed by atoms with Crippen LogP contribution in [0.2, 0.25) is 0 Å². The van der Waals surface area contributed by atoms with E-state index in [1.807, 2.05) is 37.3 Å². The number of halogens is 2. The lowest BCUT2D eigenvalue weighted by molar-refractivity contribution is -0.145. The number of hydrogen-bond donors (Lipinski definition) is 2. The van der Waals surface area contributed by atoms with E-state index in [9.17, 15) is 14.4 Å². The van der Waals surface area contributed by atoms with Crippen LogP contribution in [0.15, 0.2) is 67.0 Å². The summed E-state index contributed by atoms with van der Waals surface area (Å²) < 4.78 is 52.9. The molecule has 280 valence electrons. The van der Waals surface area contributed by atoms with Crippen molar-refractivity contribution >= 4 is 29.1 Å². The van der Waals surface area contributed by atoms with E-state index in [2.05, 4.69) is 15.0 Å². The molecular formula is C41H45F2N3O7. The third-order valence-corrected chi connectivity index (χ3v) is 9.03. The van der Waals surface area contributed by atoms with Crippen LogP contribution in [0.4, 0.5) is 8.78 Å². The first kappa shape index (κ1) is 38.9. The Balaban J connectivity index is 1.32. The van der Waals surface area contributed by atoms with Gasteiger partial charge in [-0.3, -0.25) is 9.59 Å². The Hall–Kier alpha value is -5.36.